The highest BCUT2D eigenvalue weighted by atomic mass is 16.5. The topological polar surface area (TPSA) is 73.6 Å². The standard InChI is InChI=1S/C18H32N2O3/c1-2-23-15-12-14(18(15)6-4-3-5-7-18)20-16(21)17(13-19)8-10-22-11-9-17/h14-15H,2-13,19H2,1H3,(H,20,21). The summed E-state index contributed by atoms with van der Waals surface area (Å²) in [6.45, 7) is 4.52. The van der Waals surface area contributed by atoms with Crippen LogP contribution in [-0.4, -0.2) is 44.4 Å². The average molecular weight is 324 g/mol. The molecule has 3 fully saturated rings. The molecular formula is C18H32N2O3. The second-order valence-corrected chi connectivity index (χ2v) is 7.60. The van der Waals surface area contributed by atoms with E-state index in [0.29, 0.717) is 25.9 Å². The minimum Gasteiger partial charge on any atom is -0.381 e. The van der Waals surface area contributed by atoms with Crippen LogP contribution in [0.5, 0.6) is 0 Å². The van der Waals surface area contributed by atoms with Gasteiger partial charge in [-0.3, -0.25) is 4.79 Å². The van der Waals surface area contributed by atoms with Crippen LogP contribution in [0.1, 0.15) is 58.3 Å². The monoisotopic (exact) mass is 324 g/mol. The smallest absolute Gasteiger partial charge is 0.227 e. The number of nitrogens with one attached hydrogen (secondary N) is 1. The first-order valence-electron chi connectivity index (χ1n) is 9.37. The van der Waals surface area contributed by atoms with Crippen LogP contribution in [0, 0.1) is 10.8 Å². The van der Waals surface area contributed by atoms with Gasteiger partial charge in [0.15, 0.2) is 0 Å². The van der Waals surface area contributed by atoms with Crippen molar-refractivity contribution in [2.24, 2.45) is 16.6 Å². The third-order valence-corrected chi connectivity index (χ3v) is 6.56. The third-order valence-electron chi connectivity index (χ3n) is 6.56. The van der Waals surface area contributed by atoms with Gasteiger partial charge in [0, 0.05) is 37.8 Å². The molecule has 1 spiro atoms. The van der Waals surface area contributed by atoms with Crippen LogP contribution < -0.4 is 11.1 Å². The van der Waals surface area contributed by atoms with Crippen molar-refractivity contribution in [2.45, 2.75) is 70.4 Å². The molecule has 0 aromatic rings. The van der Waals surface area contributed by atoms with Gasteiger partial charge in [0.2, 0.25) is 5.91 Å². The van der Waals surface area contributed by atoms with E-state index in [-0.39, 0.29) is 17.4 Å². The van der Waals surface area contributed by atoms with Gasteiger partial charge in [-0.15, -0.1) is 0 Å². The van der Waals surface area contributed by atoms with Crippen molar-refractivity contribution in [1.29, 1.82) is 0 Å². The summed E-state index contributed by atoms with van der Waals surface area (Å²) in [4.78, 5) is 13.0. The summed E-state index contributed by atoms with van der Waals surface area (Å²) in [5, 5.41) is 3.37. The molecular weight excluding hydrogens is 292 g/mol. The van der Waals surface area contributed by atoms with E-state index in [9.17, 15) is 4.79 Å². The molecule has 132 valence electrons. The lowest BCUT2D eigenvalue weighted by atomic mass is 9.55. The van der Waals surface area contributed by atoms with Crippen molar-refractivity contribution in [2.75, 3.05) is 26.4 Å². The molecule has 0 radical (unpaired) electrons. The van der Waals surface area contributed by atoms with Crippen molar-refractivity contribution in [3.8, 4) is 0 Å². The lowest BCUT2D eigenvalue weighted by Crippen LogP contribution is -2.67. The molecule has 0 bridgehead atoms. The minimum absolute atomic E-state index is 0.146. The largest absolute Gasteiger partial charge is 0.381 e. The predicted octanol–water partition coefficient (Wildman–Crippen LogP) is 1.99. The number of nitrogens with two attached hydrogens (primary N) is 1. The first kappa shape index (κ1) is 17.2. The molecule has 0 aromatic carbocycles. The van der Waals surface area contributed by atoms with E-state index in [1.165, 1.54) is 32.1 Å². The zero-order chi connectivity index (χ0) is 16.3. The highest BCUT2D eigenvalue weighted by molar-refractivity contribution is 5.83. The molecule has 3 aliphatic rings. The van der Waals surface area contributed by atoms with Crippen LogP contribution in [0.3, 0.4) is 0 Å². The highest BCUT2D eigenvalue weighted by Gasteiger charge is 2.57. The van der Waals surface area contributed by atoms with Crippen LogP contribution in [0.2, 0.25) is 0 Å². The first-order valence-corrected chi connectivity index (χ1v) is 9.37. The van der Waals surface area contributed by atoms with Gasteiger partial charge < -0.3 is 20.5 Å². The molecule has 3 N–H and O–H groups in total. The summed E-state index contributed by atoms with van der Waals surface area (Å²) in [5.41, 5.74) is 5.72. The van der Waals surface area contributed by atoms with E-state index in [1.54, 1.807) is 0 Å². The Hall–Kier alpha value is -0.650. The molecule has 3 rings (SSSR count). The Kier molecular flexibility index (Phi) is 5.29. The summed E-state index contributed by atoms with van der Waals surface area (Å²) in [7, 11) is 0. The average Bonchev–Trinajstić information content (AvgIpc) is 2.62. The fourth-order valence-electron chi connectivity index (χ4n) is 4.86. The Morgan fingerprint density at radius 3 is 2.52 bits per heavy atom. The molecule has 1 heterocycles. The quantitative estimate of drug-likeness (QED) is 0.811. The molecule has 5 heteroatoms. The van der Waals surface area contributed by atoms with Gasteiger partial charge in [-0.1, -0.05) is 19.3 Å². The maximum atomic E-state index is 13.0. The fourth-order valence-corrected chi connectivity index (χ4v) is 4.86. The van der Waals surface area contributed by atoms with Crippen molar-refractivity contribution in [1.82, 2.24) is 5.32 Å². The zero-order valence-corrected chi connectivity index (χ0v) is 14.4. The summed E-state index contributed by atoms with van der Waals surface area (Å²) >= 11 is 0. The molecule has 2 saturated carbocycles. The van der Waals surface area contributed by atoms with Crippen LogP contribution in [0.25, 0.3) is 0 Å². The van der Waals surface area contributed by atoms with Crippen LogP contribution in [0.4, 0.5) is 0 Å². The van der Waals surface area contributed by atoms with Crippen molar-refractivity contribution in [3.05, 3.63) is 0 Å². The van der Waals surface area contributed by atoms with E-state index >= 15 is 0 Å². The van der Waals surface area contributed by atoms with Crippen LogP contribution in [0.15, 0.2) is 0 Å². The molecule has 2 unspecified atom stereocenters. The molecule has 1 aliphatic heterocycles. The zero-order valence-electron chi connectivity index (χ0n) is 14.4. The maximum absolute atomic E-state index is 13.0. The van der Waals surface area contributed by atoms with E-state index in [4.69, 9.17) is 15.2 Å². The summed E-state index contributed by atoms with van der Waals surface area (Å²) in [6.07, 6.45) is 8.94. The van der Waals surface area contributed by atoms with Gasteiger partial charge >= 0.3 is 0 Å². The maximum Gasteiger partial charge on any atom is 0.227 e. The Labute approximate surface area is 139 Å². The highest BCUT2D eigenvalue weighted by Crippen LogP contribution is 2.53. The number of carbonyl (C=O) groups is 1. The summed E-state index contributed by atoms with van der Waals surface area (Å²) in [5.74, 6) is 0.146. The van der Waals surface area contributed by atoms with Crippen molar-refractivity contribution < 1.29 is 14.3 Å². The molecule has 0 aromatic heterocycles. The van der Waals surface area contributed by atoms with Gasteiger partial charge in [-0.2, -0.15) is 0 Å². The second kappa shape index (κ2) is 7.08. The Morgan fingerprint density at radius 2 is 1.91 bits per heavy atom. The van der Waals surface area contributed by atoms with Gasteiger partial charge in [0.25, 0.3) is 0 Å². The number of hydrogen-bond donors (Lipinski definition) is 2. The van der Waals surface area contributed by atoms with Crippen molar-refractivity contribution in [3.63, 3.8) is 0 Å². The number of amides is 1. The van der Waals surface area contributed by atoms with E-state index < -0.39 is 5.41 Å². The van der Waals surface area contributed by atoms with Gasteiger partial charge in [-0.25, -0.2) is 0 Å². The minimum atomic E-state index is -0.426. The van der Waals surface area contributed by atoms with Crippen LogP contribution in [-0.2, 0) is 14.3 Å². The lowest BCUT2D eigenvalue weighted by Gasteiger charge is -2.58. The Bertz CT molecular complexity index is 414. The molecule has 2 atom stereocenters. The Morgan fingerprint density at radius 1 is 1.22 bits per heavy atom. The molecule has 23 heavy (non-hydrogen) atoms. The van der Waals surface area contributed by atoms with E-state index in [1.807, 2.05) is 0 Å². The third kappa shape index (κ3) is 3.03. The van der Waals surface area contributed by atoms with Crippen LogP contribution >= 0.6 is 0 Å². The normalized spacial score (nSPS) is 32.3. The number of carbonyl (C=O) groups excluding carboxylic acids is 1. The number of hydrogen-bond acceptors (Lipinski definition) is 4. The lowest BCUT2D eigenvalue weighted by molar-refractivity contribution is -0.163. The number of rotatable bonds is 5. The molecule has 2 aliphatic carbocycles. The predicted molar refractivity (Wildman–Crippen MR) is 89.0 cm³/mol. The second-order valence-electron chi connectivity index (χ2n) is 7.60. The van der Waals surface area contributed by atoms with Gasteiger partial charge in [0.1, 0.15) is 0 Å². The SMILES string of the molecule is CCOC1CC(NC(=O)C2(CN)CCOCC2)C12CCCCC2. The first-order chi connectivity index (χ1) is 11.2. The van der Waals surface area contributed by atoms with E-state index in [2.05, 4.69) is 12.2 Å². The number of ether oxygens (including phenoxy) is 2. The summed E-state index contributed by atoms with van der Waals surface area (Å²) in [6, 6.07) is 0.262. The van der Waals surface area contributed by atoms with Gasteiger partial charge in [0.05, 0.1) is 11.5 Å². The fraction of sp³-hybridized carbons (Fsp3) is 0.944. The molecule has 1 saturated heterocycles. The van der Waals surface area contributed by atoms with Crippen molar-refractivity contribution >= 4 is 5.91 Å². The Balaban J connectivity index is 1.67. The molecule has 5 nitrogen and oxygen atoms in total. The van der Waals surface area contributed by atoms with E-state index in [0.717, 1.165) is 25.9 Å². The summed E-state index contributed by atoms with van der Waals surface area (Å²) < 4.78 is 11.4. The van der Waals surface area contributed by atoms with Gasteiger partial charge in [-0.05, 0) is 39.0 Å². The molecule has 1 amide bonds.